The number of rotatable bonds is 5. The molecule has 0 saturated heterocycles. The number of halogens is 2. The molecule has 2 aromatic carbocycles. The normalized spacial score (nSPS) is 10.9. The quantitative estimate of drug-likeness (QED) is 0.520. The van der Waals surface area contributed by atoms with Crippen LogP contribution in [0.1, 0.15) is 21.6 Å². The van der Waals surface area contributed by atoms with Gasteiger partial charge in [0.1, 0.15) is 11.4 Å². The second kappa shape index (κ2) is 7.93. The molecule has 0 fully saturated rings. The van der Waals surface area contributed by atoms with Crippen LogP contribution in [-0.4, -0.2) is 20.3 Å². The predicted octanol–water partition coefficient (Wildman–Crippen LogP) is 4.69. The minimum absolute atomic E-state index is 0.250. The zero-order valence-corrected chi connectivity index (χ0v) is 16.4. The fourth-order valence-corrected chi connectivity index (χ4v) is 3.39. The van der Waals surface area contributed by atoms with Gasteiger partial charge in [0.05, 0.1) is 11.4 Å². The van der Waals surface area contributed by atoms with Gasteiger partial charge in [0.2, 0.25) is 0 Å². The Hall–Kier alpha value is -3.38. The van der Waals surface area contributed by atoms with Crippen LogP contribution < -0.4 is 5.32 Å². The summed E-state index contributed by atoms with van der Waals surface area (Å²) in [7, 11) is 0. The van der Waals surface area contributed by atoms with E-state index in [9.17, 15) is 9.18 Å². The summed E-state index contributed by atoms with van der Waals surface area (Å²) >= 11 is 6.02. The van der Waals surface area contributed by atoms with Crippen molar-refractivity contribution >= 4 is 17.5 Å². The summed E-state index contributed by atoms with van der Waals surface area (Å²) in [5, 5.41) is 8.10. The highest BCUT2D eigenvalue weighted by Gasteiger charge is 2.23. The van der Waals surface area contributed by atoms with Gasteiger partial charge in [0.15, 0.2) is 5.82 Å². The Morgan fingerprint density at radius 1 is 1.10 bits per heavy atom. The number of carbonyl (C=O) groups is 1. The van der Waals surface area contributed by atoms with E-state index in [4.69, 9.17) is 11.6 Å². The van der Waals surface area contributed by atoms with Crippen molar-refractivity contribution in [1.29, 1.82) is 0 Å². The van der Waals surface area contributed by atoms with Crippen LogP contribution >= 0.6 is 11.6 Å². The third-order valence-electron chi connectivity index (χ3n) is 4.53. The van der Waals surface area contributed by atoms with Gasteiger partial charge in [-0.1, -0.05) is 23.7 Å². The summed E-state index contributed by atoms with van der Waals surface area (Å²) in [6.45, 7) is 2.12. The van der Waals surface area contributed by atoms with E-state index in [0.717, 1.165) is 5.56 Å². The first kappa shape index (κ1) is 19.0. The number of hydrogen-bond donors (Lipinski definition) is 1. The van der Waals surface area contributed by atoms with E-state index in [-0.39, 0.29) is 11.7 Å². The van der Waals surface area contributed by atoms with Gasteiger partial charge in [-0.3, -0.25) is 4.79 Å². The van der Waals surface area contributed by atoms with Crippen LogP contribution in [0.2, 0.25) is 5.02 Å². The minimum atomic E-state index is -0.334. The lowest BCUT2D eigenvalue weighted by Crippen LogP contribution is -2.24. The Kier molecular flexibility index (Phi) is 5.18. The molecule has 7 heteroatoms. The van der Waals surface area contributed by atoms with E-state index in [2.05, 4.69) is 10.4 Å². The van der Waals surface area contributed by atoms with Crippen molar-refractivity contribution in [3.05, 3.63) is 101 Å². The van der Waals surface area contributed by atoms with Gasteiger partial charge in [-0.2, -0.15) is 5.10 Å². The van der Waals surface area contributed by atoms with Gasteiger partial charge in [0, 0.05) is 24.0 Å². The fourth-order valence-electron chi connectivity index (χ4n) is 3.18. The summed E-state index contributed by atoms with van der Waals surface area (Å²) in [4.78, 5) is 13.1. The van der Waals surface area contributed by atoms with Crippen molar-refractivity contribution in [2.75, 3.05) is 0 Å². The maximum absolute atomic E-state index is 13.4. The lowest BCUT2D eigenvalue weighted by Gasteiger charge is -2.11. The molecule has 2 aromatic heterocycles. The lowest BCUT2D eigenvalue weighted by molar-refractivity contribution is 0.0950. The van der Waals surface area contributed by atoms with Crippen molar-refractivity contribution in [3.63, 3.8) is 0 Å². The summed E-state index contributed by atoms with van der Waals surface area (Å²) in [6.07, 6.45) is 3.68. The van der Waals surface area contributed by atoms with E-state index < -0.39 is 0 Å². The number of carbonyl (C=O) groups excluding carboxylic acids is 1. The van der Waals surface area contributed by atoms with Crippen molar-refractivity contribution in [2.45, 2.75) is 13.5 Å². The largest absolute Gasteiger partial charge is 0.348 e. The summed E-state index contributed by atoms with van der Waals surface area (Å²) in [5.74, 6) is 0.00173. The maximum Gasteiger partial charge on any atom is 0.257 e. The molecule has 4 rings (SSSR count). The first-order valence-corrected chi connectivity index (χ1v) is 9.42. The Bertz CT molecular complexity index is 1150. The highest BCUT2D eigenvalue weighted by atomic mass is 35.5. The van der Waals surface area contributed by atoms with Gasteiger partial charge < -0.3 is 9.88 Å². The van der Waals surface area contributed by atoms with Gasteiger partial charge in [-0.25, -0.2) is 9.07 Å². The topological polar surface area (TPSA) is 51.9 Å². The second-order valence-electron chi connectivity index (χ2n) is 6.58. The summed E-state index contributed by atoms with van der Waals surface area (Å²) < 4.78 is 16.8. The predicted molar refractivity (Wildman–Crippen MR) is 110 cm³/mol. The molecular formula is C22H18ClFN4O. The summed E-state index contributed by atoms with van der Waals surface area (Å²) in [6, 6.07) is 17.0. The lowest BCUT2D eigenvalue weighted by atomic mass is 10.2. The van der Waals surface area contributed by atoms with Crippen LogP contribution in [0, 0.1) is 12.7 Å². The number of aromatic nitrogens is 3. The molecular weight excluding hydrogens is 391 g/mol. The number of benzene rings is 2. The van der Waals surface area contributed by atoms with Gasteiger partial charge in [-0.05, 0) is 61.0 Å². The molecule has 0 aliphatic carbocycles. The molecule has 29 heavy (non-hydrogen) atoms. The van der Waals surface area contributed by atoms with Crippen molar-refractivity contribution in [1.82, 2.24) is 19.7 Å². The zero-order chi connectivity index (χ0) is 20.4. The van der Waals surface area contributed by atoms with Crippen LogP contribution in [-0.2, 0) is 6.54 Å². The third-order valence-corrected chi connectivity index (χ3v) is 4.76. The maximum atomic E-state index is 13.4. The molecule has 0 atom stereocenters. The first-order valence-electron chi connectivity index (χ1n) is 9.04. The molecule has 0 spiro atoms. The summed E-state index contributed by atoms with van der Waals surface area (Å²) in [5.41, 5.74) is 2.58. The van der Waals surface area contributed by atoms with E-state index in [0.29, 0.717) is 34.3 Å². The van der Waals surface area contributed by atoms with E-state index in [1.54, 1.807) is 29.8 Å². The van der Waals surface area contributed by atoms with Crippen LogP contribution in [0.4, 0.5) is 4.39 Å². The van der Waals surface area contributed by atoms with Crippen LogP contribution in [0.5, 0.6) is 0 Å². The molecule has 1 N–H and O–H groups in total. The van der Waals surface area contributed by atoms with Crippen LogP contribution in [0.25, 0.3) is 11.5 Å². The average Bonchev–Trinajstić information content (AvgIpc) is 3.34. The van der Waals surface area contributed by atoms with Crippen molar-refractivity contribution in [2.24, 2.45) is 0 Å². The van der Waals surface area contributed by atoms with E-state index in [1.165, 1.54) is 12.1 Å². The molecule has 1 amide bonds. The molecule has 146 valence electrons. The number of nitrogens with zero attached hydrogens (tertiary/aromatic N) is 3. The van der Waals surface area contributed by atoms with Crippen molar-refractivity contribution < 1.29 is 9.18 Å². The number of aryl methyl sites for hydroxylation is 1. The zero-order valence-electron chi connectivity index (χ0n) is 15.6. The highest BCUT2D eigenvalue weighted by Crippen LogP contribution is 2.23. The Labute approximate surface area is 172 Å². The molecule has 0 unspecified atom stereocenters. The standard InChI is InChI=1S/C22H18ClFN4O/c1-15-20(21(29)25-14-16-5-4-6-17(23)13-16)22(27-11-2-3-12-27)28(26-15)19-9-7-18(24)8-10-19/h2-13H,14H2,1H3,(H,25,29). The SMILES string of the molecule is Cc1nn(-c2ccc(F)cc2)c(-n2cccc2)c1C(=O)NCc1cccc(Cl)c1. The molecule has 0 saturated carbocycles. The molecule has 5 nitrogen and oxygen atoms in total. The minimum Gasteiger partial charge on any atom is -0.348 e. The number of nitrogens with one attached hydrogen (secondary N) is 1. The van der Waals surface area contributed by atoms with E-state index in [1.807, 2.05) is 47.3 Å². The van der Waals surface area contributed by atoms with Gasteiger partial charge >= 0.3 is 0 Å². The molecule has 0 bridgehead atoms. The third kappa shape index (κ3) is 3.93. The molecule has 0 aliphatic rings. The molecule has 4 aromatic rings. The smallest absolute Gasteiger partial charge is 0.257 e. The highest BCUT2D eigenvalue weighted by molar-refractivity contribution is 6.30. The first-order chi connectivity index (χ1) is 14.0. The van der Waals surface area contributed by atoms with Gasteiger partial charge in [0.25, 0.3) is 5.91 Å². The Morgan fingerprint density at radius 2 is 1.83 bits per heavy atom. The Morgan fingerprint density at radius 3 is 2.52 bits per heavy atom. The number of hydrogen-bond acceptors (Lipinski definition) is 2. The Balaban J connectivity index is 1.72. The van der Waals surface area contributed by atoms with Crippen LogP contribution in [0.3, 0.4) is 0 Å². The molecule has 0 aliphatic heterocycles. The fraction of sp³-hybridized carbons (Fsp3) is 0.0909. The van der Waals surface area contributed by atoms with E-state index >= 15 is 0 Å². The second-order valence-corrected chi connectivity index (χ2v) is 7.01. The molecule has 2 heterocycles. The monoisotopic (exact) mass is 408 g/mol. The van der Waals surface area contributed by atoms with Crippen LogP contribution in [0.15, 0.2) is 73.1 Å². The average molecular weight is 409 g/mol. The number of amides is 1. The van der Waals surface area contributed by atoms with Gasteiger partial charge in [-0.15, -0.1) is 0 Å². The van der Waals surface area contributed by atoms with Crippen molar-refractivity contribution in [3.8, 4) is 11.5 Å². The molecule has 0 radical (unpaired) electrons.